The number of nitrogens with one attached hydrogen (secondary N) is 1. The lowest BCUT2D eigenvalue weighted by Crippen LogP contribution is -2.19. The van der Waals surface area contributed by atoms with Crippen LogP contribution in [-0.2, 0) is 10.8 Å². The fourth-order valence-electron chi connectivity index (χ4n) is 3.09. The highest BCUT2D eigenvalue weighted by atomic mass is 15.0. The Balaban J connectivity index is 1.89. The van der Waals surface area contributed by atoms with Crippen LogP contribution in [0.15, 0.2) is 24.3 Å². The van der Waals surface area contributed by atoms with Gasteiger partial charge in [0.2, 0.25) is 0 Å². The van der Waals surface area contributed by atoms with Crippen LogP contribution in [0.1, 0.15) is 38.3 Å². The van der Waals surface area contributed by atoms with Crippen molar-refractivity contribution in [1.29, 1.82) is 0 Å². The van der Waals surface area contributed by atoms with Crippen molar-refractivity contribution in [1.82, 2.24) is 5.32 Å². The predicted octanol–water partition coefficient (Wildman–Crippen LogP) is 2.85. The average molecular weight is 215 g/mol. The molecule has 1 saturated carbocycles. The van der Waals surface area contributed by atoms with Gasteiger partial charge in [-0.25, -0.2) is 0 Å². The number of hydrogen-bond donors (Lipinski definition) is 1. The Morgan fingerprint density at radius 3 is 2.31 bits per heavy atom. The number of rotatable bonds is 1. The summed E-state index contributed by atoms with van der Waals surface area (Å²) in [7, 11) is 0. The fourth-order valence-corrected chi connectivity index (χ4v) is 3.09. The highest BCUT2D eigenvalue weighted by Gasteiger charge is 2.57. The molecular weight excluding hydrogens is 194 g/mol. The van der Waals surface area contributed by atoms with Crippen LogP contribution in [0.3, 0.4) is 0 Å². The first kappa shape index (κ1) is 10.3. The lowest BCUT2D eigenvalue weighted by atomic mass is 9.85. The monoisotopic (exact) mass is 215 g/mol. The molecule has 1 nitrogen and oxygen atoms in total. The third-order valence-electron chi connectivity index (χ3n) is 4.39. The van der Waals surface area contributed by atoms with E-state index >= 15 is 0 Å². The van der Waals surface area contributed by atoms with Gasteiger partial charge in [0, 0.05) is 12.0 Å². The van der Waals surface area contributed by atoms with Crippen LogP contribution in [0, 0.1) is 5.92 Å². The van der Waals surface area contributed by atoms with E-state index < -0.39 is 0 Å². The zero-order chi connectivity index (χ0) is 11.4. The molecule has 86 valence electrons. The zero-order valence-corrected chi connectivity index (χ0v) is 10.5. The van der Waals surface area contributed by atoms with E-state index in [2.05, 4.69) is 50.4 Å². The van der Waals surface area contributed by atoms with Crippen molar-refractivity contribution < 1.29 is 0 Å². The maximum Gasteiger partial charge on any atom is 0.0122 e. The summed E-state index contributed by atoms with van der Waals surface area (Å²) in [6.45, 7) is 9.24. The van der Waals surface area contributed by atoms with Crippen molar-refractivity contribution in [3.63, 3.8) is 0 Å². The van der Waals surface area contributed by atoms with Gasteiger partial charge in [0.15, 0.2) is 0 Å². The minimum Gasteiger partial charge on any atom is -0.316 e. The van der Waals surface area contributed by atoms with E-state index in [1.807, 2.05) is 0 Å². The molecule has 1 aliphatic heterocycles. The molecular formula is C15H21N. The normalized spacial score (nSPS) is 32.6. The summed E-state index contributed by atoms with van der Waals surface area (Å²) in [5, 5.41) is 3.51. The Morgan fingerprint density at radius 1 is 1.19 bits per heavy atom. The van der Waals surface area contributed by atoms with Crippen LogP contribution in [0.5, 0.6) is 0 Å². The number of fused-ring (bicyclic) bond motifs is 1. The Labute approximate surface area is 98.3 Å². The molecule has 2 atom stereocenters. The first-order valence-corrected chi connectivity index (χ1v) is 6.34. The van der Waals surface area contributed by atoms with E-state index in [0.29, 0.717) is 5.41 Å². The molecule has 1 aromatic rings. The average Bonchev–Trinajstić information content (AvgIpc) is 2.81. The molecule has 0 aromatic heterocycles. The molecule has 1 heterocycles. The van der Waals surface area contributed by atoms with E-state index in [1.165, 1.54) is 25.1 Å². The minimum atomic E-state index is 0.271. The van der Waals surface area contributed by atoms with Crippen LogP contribution in [0.4, 0.5) is 0 Å². The molecule has 0 unspecified atom stereocenters. The topological polar surface area (TPSA) is 12.0 Å². The molecule has 1 aliphatic carbocycles. The summed E-state index contributed by atoms with van der Waals surface area (Å²) in [5.41, 5.74) is 3.77. The molecule has 3 rings (SSSR count). The first-order valence-electron chi connectivity index (χ1n) is 6.34. The summed E-state index contributed by atoms with van der Waals surface area (Å²) in [6.07, 6.45) is 1.40. The Kier molecular flexibility index (Phi) is 2.00. The van der Waals surface area contributed by atoms with Gasteiger partial charge in [0.1, 0.15) is 0 Å². The van der Waals surface area contributed by atoms with Crippen molar-refractivity contribution >= 4 is 0 Å². The Hall–Kier alpha value is -0.820. The molecule has 16 heavy (non-hydrogen) atoms. The van der Waals surface area contributed by atoms with Crippen LogP contribution in [-0.4, -0.2) is 13.1 Å². The Bertz CT molecular complexity index is 398. The highest BCUT2D eigenvalue weighted by Crippen LogP contribution is 2.56. The largest absolute Gasteiger partial charge is 0.316 e. The van der Waals surface area contributed by atoms with Crippen LogP contribution in [0.25, 0.3) is 0 Å². The van der Waals surface area contributed by atoms with E-state index in [1.54, 1.807) is 5.56 Å². The van der Waals surface area contributed by atoms with E-state index in [-0.39, 0.29) is 5.41 Å². The summed E-state index contributed by atoms with van der Waals surface area (Å²) >= 11 is 0. The van der Waals surface area contributed by atoms with Crippen LogP contribution in [0.2, 0.25) is 0 Å². The zero-order valence-electron chi connectivity index (χ0n) is 10.5. The lowest BCUT2D eigenvalue weighted by Gasteiger charge is -2.20. The number of hydrogen-bond acceptors (Lipinski definition) is 1. The number of benzene rings is 1. The van der Waals surface area contributed by atoms with E-state index in [9.17, 15) is 0 Å². The van der Waals surface area contributed by atoms with E-state index in [0.717, 1.165) is 5.92 Å². The second kappa shape index (κ2) is 3.10. The second-order valence-corrected chi connectivity index (χ2v) is 6.52. The fraction of sp³-hybridized carbons (Fsp3) is 0.600. The summed E-state index contributed by atoms with van der Waals surface area (Å²) in [6, 6.07) is 9.34. The summed E-state index contributed by atoms with van der Waals surface area (Å²) in [5.74, 6) is 0.910. The maximum atomic E-state index is 3.51. The smallest absolute Gasteiger partial charge is 0.0122 e. The quantitative estimate of drug-likeness (QED) is 0.759. The third-order valence-corrected chi connectivity index (χ3v) is 4.39. The van der Waals surface area contributed by atoms with Gasteiger partial charge in [-0.2, -0.15) is 0 Å². The van der Waals surface area contributed by atoms with Crippen molar-refractivity contribution in [3.8, 4) is 0 Å². The molecule has 2 aliphatic rings. The van der Waals surface area contributed by atoms with Gasteiger partial charge in [-0.15, -0.1) is 0 Å². The minimum absolute atomic E-state index is 0.271. The molecule has 0 radical (unpaired) electrons. The van der Waals surface area contributed by atoms with Gasteiger partial charge in [0.05, 0.1) is 0 Å². The van der Waals surface area contributed by atoms with Gasteiger partial charge < -0.3 is 5.32 Å². The van der Waals surface area contributed by atoms with Crippen molar-refractivity contribution in [2.75, 3.05) is 13.1 Å². The molecule has 2 fully saturated rings. The van der Waals surface area contributed by atoms with Gasteiger partial charge >= 0.3 is 0 Å². The lowest BCUT2D eigenvalue weighted by molar-refractivity contribution is 0.588. The highest BCUT2D eigenvalue weighted by molar-refractivity contribution is 5.39. The molecule has 0 bridgehead atoms. The van der Waals surface area contributed by atoms with Crippen molar-refractivity contribution in [2.24, 2.45) is 5.92 Å². The summed E-state index contributed by atoms with van der Waals surface area (Å²) in [4.78, 5) is 0. The molecule has 1 saturated heterocycles. The van der Waals surface area contributed by atoms with Gasteiger partial charge in [-0.1, -0.05) is 45.0 Å². The second-order valence-electron chi connectivity index (χ2n) is 6.52. The maximum absolute atomic E-state index is 3.51. The molecule has 0 amide bonds. The summed E-state index contributed by atoms with van der Waals surface area (Å²) < 4.78 is 0. The molecule has 1 N–H and O–H groups in total. The van der Waals surface area contributed by atoms with Gasteiger partial charge in [0.25, 0.3) is 0 Å². The standard InChI is InChI=1S/C15H21N/c1-14(2,3)11-4-6-12(7-5-11)15-8-13(15)9-16-10-15/h4-7,13,16H,8-10H2,1-3H3/t13-,15+/m0/s1. The van der Waals surface area contributed by atoms with Crippen molar-refractivity contribution in [3.05, 3.63) is 35.4 Å². The third kappa shape index (κ3) is 1.41. The van der Waals surface area contributed by atoms with Crippen LogP contribution >= 0.6 is 0 Å². The molecule has 1 heteroatoms. The van der Waals surface area contributed by atoms with Gasteiger partial charge in [-0.05, 0) is 35.4 Å². The predicted molar refractivity (Wildman–Crippen MR) is 67.8 cm³/mol. The molecule has 1 aromatic carbocycles. The van der Waals surface area contributed by atoms with Crippen LogP contribution < -0.4 is 5.32 Å². The number of piperidine rings is 1. The Morgan fingerprint density at radius 2 is 1.88 bits per heavy atom. The van der Waals surface area contributed by atoms with E-state index in [4.69, 9.17) is 0 Å². The SMILES string of the molecule is CC(C)(C)c1ccc([C@@]23CNC[C@@H]2C3)cc1. The van der Waals surface area contributed by atoms with Gasteiger partial charge in [-0.3, -0.25) is 0 Å². The van der Waals surface area contributed by atoms with Crippen molar-refractivity contribution in [2.45, 2.75) is 38.0 Å². The first-order chi connectivity index (χ1) is 7.52. The molecule has 0 spiro atoms.